The maximum absolute atomic E-state index is 10.4. The topological polar surface area (TPSA) is 40.5 Å². The van der Waals surface area contributed by atoms with E-state index in [1.165, 1.54) is 33.4 Å². The molecule has 1 aliphatic rings. The molecule has 5 rings (SSSR count). The second-order valence-electron chi connectivity index (χ2n) is 7.92. The molecular formula is C27H22O2. The van der Waals surface area contributed by atoms with Gasteiger partial charge in [-0.25, -0.2) is 0 Å². The lowest BCUT2D eigenvalue weighted by Crippen LogP contribution is -2.28. The summed E-state index contributed by atoms with van der Waals surface area (Å²) in [5.74, 6) is -0.211. The maximum Gasteiger partial charge on any atom is 0.157 e. The van der Waals surface area contributed by atoms with Crippen LogP contribution < -0.4 is 0 Å². The molecule has 0 amide bonds. The minimum absolute atomic E-state index is 0.104. The van der Waals surface area contributed by atoms with Crippen LogP contribution in [0.25, 0.3) is 11.1 Å². The monoisotopic (exact) mass is 378 g/mol. The number of aromatic hydroxyl groups is 2. The van der Waals surface area contributed by atoms with Crippen LogP contribution in [0, 0.1) is 13.8 Å². The van der Waals surface area contributed by atoms with Gasteiger partial charge >= 0.3 is 0 Å². The zero-order chi connectivity index (χ0) is 20.2. The molecule has 0 unspecified atom stereocenters. The van der Waals surface area contributed by atoms with E-state index in [4.69, 9.17) is 0 Å². The molecule has 0 aromatic heterocycles. The number of hydrogen-bond acceptors (Lipinski definition) is 2. The Kier molecular flexibility index (Phi) is 3.78. The van der Waals surface area contributed by atoms with Crippen LogP contribution in [0.1, 0.15) is 33.4 Å². The second-order valence-corrected chi connectivity index (χ2v) is 7.92. The van der Waals surface area contributed by atoms with E-state index >= 15 is 0 Å². The Labute approximate surface area is 170 Å². The second kappa shape index (κ2) is 6.25. The molecule has 4 aromatic rings. The average molecular weight is 378 g/mol. The van der Waals surface area contributed by atoms with Gasteiger partial charge in [-0.15, -0.1) is 0 Å². The molecule has 29 heavy (non-hydrogen) atoms. The molecule has 0 bridgehead atoms. The van der Waals surface area contributed by atoms with Crippen LogP contribution in [0.5, 0.6) is 11.5 Å². The van der Waals surface area contributed by atoms with E-state index < -0.39 is 5.41 Å². The van der Waals surface area contributed by atoms with Gasteiger partial charge in [0.15, 0.2) is 11.5 Å². The smallest absolute Gasteiger partial charge is 0.157 e. The van der Waals surface area contributed by atoms with Gasteiger partial charge in [-0.2, -0.15) is 0 Å². The van der Waals surface area contributed by atoms with Crippen LogP contribution >= 0.6 is 0 Å². The summed E-state index contributed by atoms with van der Waals surface area (Å²) in [6.07, 6.45) is 0. The van der Waals surface area contributed by atoms with Gasteiger partial charge in [0.05, 0.1) is 5.41 Å². The molecule has 2 heteroatoms. The third-order valence-corrected chi connectivity index (χ3v) is 6.06. The first-order chi connectivity index (χ1) is 14.0. The summed E-state index contributed by atoms with van der Waals surface area (Å²) < 4.78 is 0. The van der Waals surface area contributed by atoms with E-state index in [0.29, 0.717) is 0 Å². The Hall–Kier alpha value is -3.52. The fraction of sp³-hybridized carbons (Fsp3) is 0.111. The van der Waals surface area contributed by atoms with Crippen molar-refractivity contribution in [2.75, 3.05) is 0 Å². The number of benzene rings is 4. The molecule has 0 aliphatic heterocycles. The SMILES string of the molecule is Cc1ccc2c(c1)C(c1ccccc1)(c1ccc(O)c(O)c1)c1cc(C)ccc1-2. The van der Waals surface area contributed by atoms with Gasteiger partial charge in [-0.05, 0) is 59.4 Å². The van der Waals surface area contributed by atoms with Crippen molar-refractivity contribution >= 4 is 0 Å². The standard InChI is InChI=1S/C27H22O2/c1-17-8-11-21-22-12-9-18(2)15-24(22)27(23(21)14-17,19-6-4-3-5-7-19)20-10-13-25(28)26(29)16-20/h3-16,28-29H,1-2H3. The van der Waals surface area contributed by atoms with Crippen molar-refractivity contribution in [2.24, 2.45) is 0 Å². The number of phenols is 2. The lowest BCUT2D eigenvalue weighted by Gasteiger charge is -2.34. The highest BCUT2D eigenvalue weighted by Crippen LogP contribution is 2.57. The molecule has 0 radical (unpaired) electrons. The number of rotatable bonds is 2. The van der Waals surface area contributed by atoms with E-state index in [2.05, 4.69) is 74.5 Å². The molecule has 0 saturated heterocycles. The van der Waals surface area contributed by atoms with Crippen molar-refractivity contribution < 1.29 is 10.2 Å². The van der Waals surface area contributed by atoms with Crippen LogP contribution in [0.2, 0.25) is 0 Å². The first kappa shape index (κ1) is 17.6. The first-order valence-electron chi connectivity index (χ1n) is 9.82. The molecule has 0 fully saturated rings. The summed E-state index contributed by atoms with van der Waals surface area (Å²) in [6, 6.07) is 28.8. The summed E-state index contributed by atoms with van der Waals surface area (Å²) in [6.45, 7) is 4.22. The minimum Gasteiger partial charge on any atom is -0.504 e. The third kappa shape index (κ3) is 2.42. The van der Waals surface area contributed by atoms with E-state index in [0.717, 1.165) is 11.1 Å². The fourth-order valence-electron chi connectivity index (χ4n) is 4.79. The van der Waals surface area contributed by atoms with Crippen LogP contribution in [-0.2, 0) is 5.41 Å². The van der Waals surface area contributed by atoms with Gasteiger partial charge in [-0.1, -0.05) is 83.9 Å². The van der Waals surface area contributed by atoms with E-state index in [1.807, 2.05) is 12.1 Å². The Morgan fingerprint density at radius 1 is 0.552 bits per heavy atom. The predicted molar refractivity (Wildman–Crippen MR) is 117 cm³/mol. The van der Waals surface area contributed by atoms with Crippen LogP contribution in [-0.4, -0.2) is 10.2 Å². The molecule has 2 nitrogen and oxygen atoms in total. The zero-order valence-corrected chi connectivity index (χ0v) is 16.5. The van der Waals surface area contributed by atoms with E-state index in [1.54, 1.807) is 12.1 Å². The summed E-state index contributed by atoms with van der Waals surface area (Å²) in [5.41, 5.74) is 8.73. The average Bonchev–Trinajstić information content (AvgIpc) is 3.00. The highest BCUT2D eigenvalue weighted by Gasteiger charge is 2.46. The number of phenolic OH excluding ortho intramolecular Hbond substituents is 2. The highest BCUT2D eigenvalue weighted by atomic mass is 16.3. The Morgan fingerprint density at radius 3 is 1.69 bits per heavy atom. The highest BCUT2D eigenvalue weighted by molar-refractivity contribution is 5.86. The van der Waals surface area contributed by atoms with Gasteiger partial charge in [-0.3, -0.25) is 0 Å². The molecule has 0 saturated carbocycles. The van der Waals surface area contributed by atoms with Gasteiger partial charge in [0.2, 0.25) is 0 Å². The predicted octanol–water partition coefficient (Wildman–Crippen LogP) is 6.08. The first-order valence-corrected chi connectivity index (χ1v) is 9.82. The number of fused-ring (bicyclic) bond motifs is 3. The molecule has 0 spiro atoms. The quantitative estimate of drug-likeness (QED) is 0.366. The van der Waals surface area contributed by atoms with E-state index in [9.17, 15) is 10.2 Å². The molecule has 2 N–H and O–H groups in total. The summed E-state index contributed by atoms with van der Waals surface area (Å²) in [7, 11) is 0. The van der Waals surface area contributed by atoms with Gasteiger partial charge in [0.25, 0.3) is 0 Å². The Balaban J connectivity index is 1.99. The largest absolute Gasteiger partial charge is 0.504 e. The molecule has 4 aromatic carbocycles. The van der Waals surface area contributed by atoms with E-state index in [-0.39, 0.29) is 11.5 Å². The maximum atomic E-state index is 10.4. The lowest BCUT2D eigenvalue weighted by atomic mass is 9.67. The molecule has 1 aliphatic carbocycles. The Morgan fingerprint density at radius 2 is 1.14 bits per heavy atom. The van der Waals surface area contributed by atoms with Gasteiger partial charge in [0.1, 0.15) is 0 Å². The van der Waals surface area contributed by atoms with Gasteiger partial charge in [0, 0.05) is 0 Å². The number of hydrogen-bond donors (Lipinski definition) is 2. The van der Waals surface area contributed by atoms with Crippen molar-refractivity contribution in [3.8, 4) is 22.6 Å². The summed E-state index contributed by atoms with van der Waals surface area (Å²) in [4.78, 5) is 0. The fourth-order valence-corrected chi connectivity index (χ4v) is 4.79. The van der Waals surface area contributed by atoms with Crippen LogP contribution in [0.3, 0.4) is 0 Å². The van der Waals surface area contributed by atoms with Crippen LogP contribution in [0.15, 0.2) is 84.9 Å². The molecule has 142 valence electrons. The summed E-state index contributed by atoms with van der Waals surface area (Å²) in [5, 5.41) is 20.3. The van der Waals surface area contributed by atoms with Gasteiger partial charge < -0.3 is 10.2 Å². The Bertz CT molecular complexity index is 1190. The molecule has 0 heterocycles. The van der Waals surface area contributed by atoms with Crippen LogP contribution in [0.4, 0.5) is 0 Å². The minimum atomic E-state index is -0.560. The number of aryl methyl sites for hydroxylation is 2. The molecular weight excluding hydrogens is 356 g/mol. The zero-order valence-electron chi connectivity index (χ0n) is 16.5. The van der Waals surface area contributed by atoms with Crippen molar-refractivity contribution in [2.45, 2.75) is 19.3 Å². The third-order valence-electron chi connectivity index (χ3n) is 6.06. The van der Waals surface area contributed by atoms with Crippen molar-refractivity contribution in [1.82, 2.24) is 0 Å². The van der Waals surface area contributed by atoms with Crippen molar-refractivity contribution in [3.63, 3.8) is 0 Å². The van der Waals surface area contributed by atoms with Crippen molar-refractivity contribution in [3.05, 3.63) is 118 Å². The summed E-state index contributed by atoms with van der Waals surface area (Å²) >= 11 is 0. The normalized spacial score (nSPS) is 13.7. The lowest BCUT2D eigenvalue weighted by molar-refractivity contribution is 0.402. The van der Waals surface area contributed by atoms with Crippen molar-refractivity contribution in [1.29, 1.82) is 0 Å². The molecule has 0 atom stereocenters.